The zero-order chi connectivity index (χ0) is 23.4. The van der Waals surface area contributed by atoms with E-state index in [-0.39, 0.29) is 23.1 Å². The molecule has 0 radical (unpaired) electrons. The van der Waals surface area contributed by atoms with Gasteiger partial charge >= 0.3 is 6.18 Å². The van der Waals surface area contributed by atoms with Crippen LogP contribution >= 0.6 is 11.6 Å². The van der Waals surface area contributed by atoms with Gasteiger partial charge in [0.2, 0.25) is 0 Å². The van der Waals surface area contributed by atoms with Crippen LogP contribution in [0.4, 0.5) is 24.7 Å². The maximum atomic E-state index is 12.9. The second kappa shape index (κ2) is 9.51. The SMILES string of the molecule is OCC=CCn1ccc2ncnc(Nc3ccc(Oc4cccc(C(F)(F)F)c4)c(Cl)c3)c21. The van der Waals surface area contributed by atoms with Gasteiger partial charge in [-0.05, 0) is 42.5 Å². The van der Waals surface area contributed by atoms with Crippen molar-refractivity contribution in [2.24, 2.45) is 0 Å². The Bertz CT molecular complexity index is 1300. The number of nitrogens with zero attached hydrogens (tertiary/aromatic N) is 3. The van der Waals surface area contributed by atoms with Crippen molar-refractivity contribution < 1.29 is 23.0 Å². The van der Waals surface area contributed by atoms with Gasteiger partial charge in [0.25, 0.3) is 0 Å². The van der Waals surface area contributed by atoms with Gasteiger partial charge in [0.15, 0.2) is 5.82 Å². The summed E-state index contributed by atoms with van der Waals surface area (Å²) in [5.41, 5.74) is 1.30. The van der Waals surface area contributed by atoms with Crippen molar-refractivity contribution in [3.8, 4) is 11.5 Å². The number of hydrogen-bond donors (Lipinski definition) is 2. The Morgan fingerprint density at radius 3 is 2.70 bits per heavy atom. The van der Waals surface area contributed by atoms with Crippen molar-refractivity contribution in [3.63, 3.8) is 0 Å². The Morgan fingerprint density at radius 2 is 1.94 bits per heavy atom. The molecule has 0 aliphatic carbocycles. The van der Waals surface area contributed by atoms with Gasteiger partial charge in [0.1, 0.15) is 23.3 Å². The van der Waals surface area contributed by atoms with E-state index in [2.05, 4.69) is 15.3 Å². The van der Waals surface area contributed by atoms with Crippen molar-refractivity contribution in [2.45, 2.75) is 12.7 Å². The van der Waals surface area contributed by atoms with Crippen LogP contribution in [0.2, 0.25) is 5.02 Å². The monoisotopic (exact) mass is 474 g/mol. The standard InChI is InChI=1S/C23H18ClF3N4O2/c24-18-13-16(6-7-20(18)33-17-5-3-4-15(12-17)23(25,26)27)30-22-21-19(28-14-29-22)8-10-31(21)9-1-2-11-32/h1-8,10,12-14,32H,9,11H2,(H,28,29,30). The number of nitrogens with one attached hydrogen (secondary N) is 1. The molecule has 4 aromatic rings. The van der Waals surface area contributed by atoms with Crippen LogP contribution in [-0.4, -0.2) is 26.2 Å². The number of alkyl halides is 3. The molecule has 0 unspecified atom stereocenters. The largest absolute Gasteiger partial charge is 0.456 e. The molecule has 0 aliphatic rings. The van der Waals surface area contributed by atoms with E-state index in [4.69, 9.17) is 21.4 Å². The van der Waals surface area contributed by atoms with Crippen LogP contribution in [0.1, 0.15) is 5.56 Å². The molecule has 0 fully saturated rings. The third-order valence-electron chi connectivity index (χ3n) is 4.71. The topological polar surface area (TPSA) is 72.2 Å². The summed E-state index contributed by atoms with van der Waals surface area (Å²) < 4.78 is 46.3. The van der Waals surface area contributed by atoms with Crippen LogP contribution in [0.5, 0.6) is 11.5 Å². The normalized spacial score (nSPS) is 11.9. The number of hydrogen-bond acceptors (Lipinski definition) is 5. The van der Waals surface area contributed by atoms with E-state index in [1.165, 1.54) is 18.5 Å². The summed E-state index contributed by atoms with van der Waals surface area (Å²) in [5.74, 6) is 0.788. The second-order valence-corrected chi connectivity index (χ2v) is 7.38. The molecule has 170 valence electrons. The lowest BCUT2D eigenvalue weighted by atomic mass is 10.2. The molecule has 0 atom stereocenters. The number of halogens is 4. The first-order valence-corrected chi connectivity index (χ1v) is 10.2. The van der Waals surface area contributed by atoms with E-state index in [1.807, 2.05) is 22.9 Å². The molecule has 2 aromatic heterocycles. The van der Waals surface area contributed by atoms with E-state index in [1.54, 1.807) is 24.3 Å². The lowest BCUT2D eigenvalue weighted by Gasteiger charge is -2.13. The minimum absolute atomic E-state index is 0.0266. The number of anilines is 2. The average molecular weight is 475 g/mol. The highest BCUT2D eigenvalue weighted by Crippen LogP contribution is 2.36. The second-order valence-electron chi connectivity index (χ2n) is 6.98. The molecule has 10 heteroatoms. The number of allylic oxidation sites excluding steroid dienone is 1. The minimum Gasteiger partial charge on any atom is -0.456 e. The number of ether oxygens (including phenoxy) is 1. The predicted molar refractivity (Wildman–Crippen MR) is 120 cm³/mol. The molecule has 33 heavy (non-hydrogen) atoms. The van der Waals surface area contributed by atoms with E-state index in [0.29, 0.717) is 18.1 Å². The van der Waals surface area contributed by atoms with Crippen LogP contribution in [0.15, 0.2) is 73.2 Å². The third kappa shape index (κ3) is 5.27. The summed E-state index contributed by atoms with van der Waals surface area (Å²) in [6.07, 6.45) is 2.31. The van der Waals surface area contributed by atoms with Crippen LogP contribution in [-0.2, 0) is 12.7 Å². The molecule has 2 aromatic carbocycles. The number of aromatic nitrogens is 3. The van der Waals surface area contributed by atoms with Crippen molar-refractivity contribution >= 4 is 34.1 Å². The van der Waals surface area contributed by atoms with Crippen LogP contribution < -0.4 is 10.1 Å². The van der Waals surface area contributed by atoms with Gasteiger partial charge in [-0.15, -0.1) is 0 Å². The van der Waals surface area contributed by atoms with Crippen LogP contribution in [0.3, 0.4) is 0 Å². The van der Waals surface area contributed by atoms with Gasteiger partial charge in [-0.25, -0.2) is 9.97 Å². The molecule has 0 amide bonds. The van der Waals surface area contributed by atoms with E-state index >= 15 is 0 Å². The lowest BCUT2D eigenvalue weighted by Crippen LogP contribution is -2.04. The van der Waals surface area contributed by atoms with Crippen molar-refractivity contribution in [1.82, 2.24) is 14.5 Å². The molecule has 4 rings (SSSR count). The fourth-order valence-corrected chi connectivity index (χ4v) is 3.42. The highest BCUT2D eigenvalue weighted by molar-refractivity contribution is 6.32. The quantitative estimate of drug-likeness (QED) is 0.312. The maximum absolute atomic E-state index is 12.9. The molecule has 0 aliphatic heterocycles. The van der Waals surface area contributed by atoms with Gasteiger partial charge in [0.05, 0.1) is 22.7 Å². The Morgan fingerprint density at radius 1 is 1.09 bits per heavy atom. The minimum atomic E-state index is -4.47. The van der Waals surface area contributed by atoms with Gasteiger partial charge in [-0.3, -0.25) is 0 Å². The number of benzene rings is 2. The number of rotatable bonds is 7. The van der Waals surface area contributed by atoms with Crippen LogP contribution in [0, 0.1) is 0 Å². The first-order valence-electron chi connectivity index (χ1n) is 9.82. The molecular weight excluding hydrogens is 457 g/mol. The fraction of sp³-hybridized carbons (Fsp3) is 0.130. The van der Waals surface area contributed by atoms with E-state index < -0.39 is 11.7 Å². The smallest absolute Gasteiger partial charge is 0.416 e. The van der Waals surface area contributed by atoms with E-state index in [0.717, 1.165) is 23.2 Å². The molecule has 2 N–H and O–H groups in total. The number of aliphatic hydroxyl groups is 1. The van der Waals surface area contributed by atoms with Gasteiger partial charge in [0, 0.05) is 18.4 Å². The average Bonchev–Trinajstić information content (AvgIpc) is 3.20. The summed E-state index contributed by atoms with van der Waals surface area (Å²) in [5, 5.41) is 12.3. The third-order valence-corrected chi connectivity index (χ3v) is 5.00. The zero-order valence-corrected chi connectivity index (χ0v) is 17.8. The fourth-order valence-electron chi connectivity index (χ4n) is 3.20. The molecule has 6 nitrogen and oxygen atoms in total. The molecular formula is C23H18ClF3N4O2. The molecule has 2 heterocycles. The summed E-state index contributed by atoms with van der Waals surface area (Å²) >= 11 is 6.33. The first-order chi connectivity index (χ1) is 15.8. The Balaban J connectivity index is 1.57. The van der Waals surface area contributed by atoms with Gasteiger partial charge in [-0.1, -0.05) is 29.8 Å². The maximum Gasteiger partial charge on any atom is 0.416 e. The number of aliphatic hydroxyl groups excluding tert-OH is 1. The highest BCUT2D eigenvalue weighted by Gasteiger charge is 2.30. The van der Waals surface area contributed by atoms with Crippen molar-refractivity contribution in [2.75, 3.05) is 11.9 Å². The number of fused-ring (bicyclic) bond motifs is 1. The molecule has 0 saturated heterocycles. The first kappa shape index (κ1) is 22.6. The van der Waals surface area contributed by atoms with E-state index in [9.17, 15) is 13.2 Å². The van der Waals surface area contributed by atoms with Gasteiger partial charge in [-0.2, -0.15) is 13.2 Å². The Labute approximate surface area is 191 Å². The summed E-state index contributed by atoms with van der Waals surface area (Å²) in [7, 11) is 0. The molecule has 0 saturated carbocycles. The van der Waals surface area contributed by atoms with Crippen molar-refractivity contribution in [1.29, 1.82) is 0 Å². The van der Waals surface area contributed by atoms with Gasteiger partial charge < -0.3 is 19.7 Å². The Kier molecular flexibility index (Phi) is 6.52. The predicted octanol–water partition coefficient (Wildman–Crippen LogP) is 6.19. The van der Waals surface area contributed by atoms with Crippen molar-refractivity contribution in [3.05, 3.63) is 83.8 Å². The highest BCUT2D eigenvalue weighted by atomic mass is 35.5. The summed E-state index contributed by atoms with van der Waals surface area (Å²) in [4.78, 5) is 8.58. The molecule has 0 bridgehead atoms. The summed E-state index contributed by atoms with van der Waals surface area (Å²) in [6.45, 7) is 0.477. The zero-order valence-electron chi connectivity index (χ0n) is 17.1. The Hall–Kier alpha value is -3.56. The molecule has 0 spiro atoms. The lowest BCUT2D eigenvalue weighted by molar-refractivity contribution is -0.137. The summed E-state index contributed by atoms with van der Waals surface area (Å²) in [6, 6.07) is 11.3. The van der Waals surface area contributed by atoms with Crippen LogP contribution in [0.25, 0.3) is 11.0 Å².